The fraction of sp³-hybridized carbons (Fsp3) is 0.611. The quantitative estimate of drug-likeness (QED) is 0.767. The van der Waals surface area contributed by atoms with E-state index in [-0.39, 0.29) is 10.8 Å². The Hall–Kier alpha value is -1.60. The molecule has 1 N–H and O–H groups in total. The van der Waals surface area contributed by atoms with E-state index in [2.05, 4.69) is 12.2 Å². The molecule has 0 aromatic heterocycles. The van der Waals surface area contributed by atoms with Gasteiger partial charge in [-0.05, 0) is 49.8 Å². The number of hydrogen-bond donors (Lipinski definition) is 1. The van der Waals surface area contributed by atoms with Crippen LogP contribution in [0, 0.1) is 5.92 Å². The maximum absolute atomic E-state index is 12.9. The number of anilines is 1. The Bertz CT molecular complexity index is 743. The van der Waals surface area contributed by atoms with Gasteiger partial charge in [0.05, 0.1) is 10.6 Å². The van der Waals surface area contributed by atoms with Gasteiger partial charge in [-0.15, -0.1) is 0 Å². The molecule has 0 bridgehead atoms. The second kappa shape index (κ2) is 7.33. The van der Waals surface area contributed by atoms with E-state index in [0.717, 1.165) is 25.7 Å². The van der Waals surface area contributed by atoms with Gasteiger partial charge in [0.15, 0.2) is 6.10 Å². The second-order valence-corrected chi connectivity index (χ2v) is 8.73. The van der Waals surface area contributed by atoms with E-state index in [4.69, 9.17) is 4.74 Å². The first kappa shape index (κ1) is 18.2. The van der Waals surface area contributed by atoms with Crippen LogP contribution in [0.15, 0.2) is 23.1 Å². The van der Waals surface area contributed by atoms with Crippen molar-refractivity contribution in [2.45, 2.75) is 57.0 Å². The van der Waals surface area contributed by atoms with Gasteiger partial charge in [0.25, 0.3) is 5.91 Å². The number of ether oxygens (including phenoxy) is 1. The monoisotopic (exact) mass is 366 g/mol. The molecule has 138 valence electrons. The number of sulfonamides is 1. The zero-order valence-electron chi connectivity index (χ0n) is 14.8. The molecule has 2 aliphatic rings. The lowest BCUT2D eigenvalue weighted by molar-refractivity contribution is -0.123. The summed E-state index contributed by atoms with van der Waals surface area (Å²) in [5.41, 5.74) is 0.432. The Labute approximate surface area is 149 Å². The van der Waals surface area contributed by atoms with Crippen molar-refractivity contribution in [3.63, 3.8) is 0 Å². The van der Waals surface area contributed by atoms with E-state index < -0.39 is 16.1 Å². The Morgan fingerprint density at radius 3 is 2.68 bits per heavy atom. The minimum Gasteiger partial charge on any atom is -0.478 e. The van der Waals surface area contributed by atoms with E-state index in [0.29, 0.717) is 36.9 Å². The van der Waals surface area contributed by atoms with Gasteiger partial charge in [-0.1, -0.05) is 20.3 Å². The van der Waals surface area contributed by atoms with Crippen LogP contribution in [-0.2, 0) is 14.8 Å². The number of amides is 1. The number of benzene rings is 1. The van der Waals surface area contributed by atoms with Crippen LogP contribution in [-0.4, -0.2) is 37.8 Å². The predicted molar refractivity (Wildman–Crippen MR) is 96.2 cm³/mol. The molecule has 0 saturated heterocycles. The number of nitrogens with zero attached hydrogens (tertiary/aromatic N) is 1. The lowest BCUT2D eigenvalue weighted by Crippen LogP contribution is -2.37. The van der Waals surface area contributed by atoms with Gasteiger partial charge in [-0.25, -0.2) is 8.42 Å². The maximum Gasteiger partial charge on any atom is 0.265 e. The van der Waals surface area contributed by atoms with Gasteiger partial charge >= 0.3 is 0 Å². The van der Waals surface area contributed by atoms with Crippen LogP contribution in [0.3, 0.4) is 0 Å². The lowest BCUT2D eigenvalue weighted by atomic mass is 10.1. The number of unbranched alkanes of at least 4 members (excludes halogenated alkanes) is 1. The van der Waals surface area contributed by atoms with Gasteiger partial charge < -0.3 is 10.1 Å². The Kier molecular flexibility index (Phi) is 5.34. The van der Waals surface area contributed by atoms with Crippen LogP contribution < -0.4 is 10.1 Å². The molecule has 25 heavy (non-hydrogen) atoms. The summed E-state index contributed by atoms with van der Waals surface area (Å²) in [4.78, 5) is 12.4. The van der Waals surface area contributed by atoms with Gasteiger partial charge in [-0.2, -0.15) is 4.31 Å². The zero-order valence-corrected chi connectivity index (χ0v) is 15.6. The van der Waals surface area contributed by atoms with E-state index >= 15 is 0 Å². The number of hydrogen-bond acceptors (Lipinski definition) is 4. The van der Waals surface area contributed by atoms with Crippen molar-refractivity contribution in [1.82, 2.24) is 4.31 Å². The molecule has 1 aliphatic heterocycles. The molecule has 7 heteroatoms. The van der Waals surface area contributed by atoms with Crippen molar-refractivity contribution in [3.05, 3.63) is 18.2 Å². The molecule has 1 amide bonds. The fourth-order valence-corrected chi connectivity index (χ4v) is 4.56. The molecule has 1 aliphatic carbocycles. The highest BCUT2D eigenvalue weighted by Crippen LogP contribution is 2.35. The summed E-state index contributed by atoms with van der Waals surface area (Å²) >= 11 is 0. The maximum atomic E-state index is 12.9. The first-order chi connectivity index (χ1) is 12.0. The Morgan fingerprint density at radius 1 is 1.28 bits per heavy atom. The molecule has 1 aromatic rings. The number of carbonyl (C=O) groups excluding carboxylic acids is 1. The third kappa shape index (κ3) is 3.98. The molecule has 0 unspecified atom stereocenters. The van der Waals surface area contributed by atoms with Crippen molar-refractivity contribution in [3.8, 4) is 5.75 Å². The first-order valence-corrected chi connectivity index (χ1v) is 10.5. The van der Waals surface area contributed by atoms with E-state index in [1.165, 1.54) is 10.4 Å². The van der Waals surface area contributed by atoms with Crippen LogP contribution >= 0.6 is 0 Å². The number of rotatable bonds is 8. The van der Waals surface area contributed by atoms with Gasteiger partial charge in [-0.3, -0.25) is 4.79 Å². The van der Waals surface area contributed by atoms with Crippen molar-refractivity contribution in [2.75, 3.05) is 18.4 Å². The molecule has 1 saturated carbocycles. The molecule has 0 radical (unpaired) electrons. The molecular formula is C18H26N2O4S. The average molecular weight is 366 g/mol. The molecule has 1 heterocycles. The fourth-order valence-electron chi connectivity index (χ4n) is 3.00. The van der Waals surface area contributed by atoms with Crippen molar-refractivity contribution < 1.29 is 17.9 Å². The lowest BCUT2D eigenvalue weighted by Gasteiger charge is -2.27. The summed E-state index contributed by atoms with van der Waals surface area (Å²) in [7, 11) is -3.56. The molecular weight excluding hydrogens is 340 g/mol. The third-order valence-corrected chi connectivity index (χ3v) is 6.68. The van der Waals surface area contributed by atoms with Crippen molar-refractivity contribution in [2.24, 2.45) is 5.92 Å². The molecule has 1 atom stereocenters. The minimum atomic E-state index is -3.56. The van der Waals surface area contributed by atoms with Crippen LogP contribution in [0.25, 0.3) is 0 Å². The number of carbonyl (C=O) groups is 1. The standard InChI is InChI=1S/C18H26N2O4S/c1-3-5-6-17-18(21)19-15-11-14(9-10-16(15)24-17)25(22,23)20(4-2)12-13-7-8-13/h9-11,13,17H,3-8,12H2,1-2H3,(H,19,21)/t17-/m0/s1. The number of fused-ring (bicyclic) bond motifs is 1. The average Bonchev–Trinajstić information content (AvgIpc) is 3.41. The highest BCUT2D eigenvalue weighted by molar-refractivity contribution is 7.89. The smallest absolute Gasteiger partial charge is 0.265 e. The summed E-state index contributed by atoms with van der Waals surface area (Å²) in [6.07, 6.45) is 4.25. The molecule has 1 fully saturated rings. The third-order valence-electron chi connectivity index (χ3n) is 4.74. The van der Waals surface area contributed by atoms with Crippen LogP contribution in [0.2, 0.25) is 0 Å². The van der Waals surface area contributed by atoms with E-state index in [1.54, 1.807) is 12.1 Å². The second-order valence-electron chi connectivity index (χ2n) is 6.79. The minimum absolute atomic E-state index is 0.199. The SMILES string of the molecule is CCCC[C@@H]1Oc2ccc(S(=O)(=O)N(CC)CC3CC3)cc2NC1=O. The van der Waals surface area contributed by atoms with Crippen LogP contribution in [0.4, 0.5) is 5.69 Å². The van der Waals surface area contributed by atoms with Crippen molar-refractivity contribution >= 4 is 21.6 Å². The first-order valence-electron chi connectivity index (χ1n) is 9.07. The summed E-state index contributed by atoms with van der Waals surface area (Å²) in [5, 5.41) is 2.79. The highest BCUT2D eigenvalue weighted by Gasteiger charge is 2.32. The largest absolute Gasteiger partial charge is 0.478 e. The molecule has 1 aromatic carbocycles. The van der Waals surface area contributed by atoms with Gasteiger partial charge in [0.2, 0.25) is 10.0 Å². The van der Waals surface area contributed by atoms with E-state index in [1.807, 2.05) is 6.92 Å². The van der Waals surface area contributed by atoms with Gasteiger partial charge in [0.1, 0.15) is 5.75 Å². The van der Waals surface area contributed by atoms with Crippen LogP contribution in [0.1, 0.15) is 46.0 Å². The molecule has 6 nitrogen and oxygen atoms in total. The normalized spacial score (nSPS) is 20.1. The number of nitrogens with one attached hydrogen (secondary N) is 1. The Morgan fingerprint density at radius 2 is 2.04 bits per heavy atom. The molecule has 3 rings (SSSR count). The van der Waals surface area contributed by atoms with Crippen LogP contribution in [0.5, 0.6) is 5.75 Å². The highest BCUT2D eigenvalue weighted by atomic mass is 32.2. The van der Waals surface area contributed by atoms with Crippen molar-refractivity contribution in [1.29, 1.82) is 0 Å². The molecule has 0 spiro atoms. The van der Waals surface area contributed by atoms with Gasteiger partial charge in [0, 0.05) is 13.1 Å². The topological polar surface area (TPSA) is 75.7 Å². The van der Waals surface area contributed by atoms with E-state index in [9.17, 15) is 13.2 Å². The Balaban J connectivity index is 1.81. The summed E-state index contributed by atoms with van der Waals surface area (Å²) in [6, 6.07) is 4.72. The summed E-state index contributed by atoms with van der Waals surface area (Å²) < 4.78 is 33.0. The predicted octanol–water partition coefficient (Wildman–Crippen LogP) is 3.00. The summed E-state index contributed by atoms with van der Waals surface area (Å²) in [5.74, 6) is 0.806. The zero-order chi connectivity index (χ0) is 18.0. The summed E-state index contributed by atoms with van der Waals surface area (Å²) in [6.45, 7) is 4.92.